The molecule has 7 rings (SSSR count). The van der Waals surface area contributed by atoms with E-state index in [9.17, 15) is 4.79 Å². The summed E-state index contributed by atoms with van der Waals surface area (Å²) in [4.78, 5) is 14.0. The van der Waals surface area contributed by atoms with Gasteiger partial charge in [-0.05, 0) is 51.9 Å². The van der Waals surface area contributed by atoms with Crippen LogP contribution in [-0.2, 0) is 11.3 Å². The number of nitrogens with one attached hydrogen (secondary N) is 1. The first-order valence-electron chi connectivity index (χ1n) is 13.9. The van der Waals surface area contributed by atoms with E-state index in [1.165, 1.54) is 10.8 Å². The van der Waals surface area contributed by atoms with Crippen molar-refractivity contribution in [1.82, 2.24) is 9.78 Å². The Morgan fingerprint density at radius 3 is 2.51 bits per heavy atom. The van der Waals surface area contributed by atoms with Crippen LogP contribution in [0.2, 0.25) is 10.0 Å². The zero-order valence-electron chi connectivity index (χ0n) is 22.9. The quantitative estimate of drug-likeness (QED) is 0.231. The normalized spacial score (nSPS) is 17.8. The van der Waals surface area contributed by atoms with Crippen LogP contribution in [0.5, 0.6) is 0 Å². The molecule has 204 valence electrons. The average Bonchev–Trinajstić information content (AvgIpc) is 3.37. The Balaban J connectivity index is 1.42. The van der Waals surface area contributed by atoms with Gasteiger partial charge in [-0.15, -0.1) is 0 Å². The van der Waals surface area contributed by atoms with Crippen molar-refractivity contribution in [3.05, 3.63) is 123 Å². The molecular formula is C35H29Cl2N3O. The van der Waals surface area contributed by atoms with Crippen LogP contribution in [0.1, 0.15) is 49.4 Å². The van der Waals surface area contributed by atoms with Gasteiger partial charge < -0.3 is 5.32 Å². The number of ketones is 1. The molecule has 0 radical (unpaired) electrons. The molecule has 4 nitrogen and oxygen atoms in total. The van der Waals surface area contributed by atoms with Crippen molar-refractivity contribution in [2.75, 3.05) is 5.32 Å². The number of halogens is 2. The number of benzene rings is 4. The van der Waals surface area contributed by atoms with Gasteiger partial charge in [0.2, 0.25) is 0 Å². The fourth-order valence-electron chi connectivity index (χ4n) is 6.45. The summed E-state index contributed by atoms with van der Waals surface area (Å²) in [6.07, 6.45) is 3.43. The molecule has 0 unspecified atom stereocenters. The van der Waals surface area contributed by atoms with E-state index < -0.39 is 0 Å². The van der Waals surface area contributed by atoms with Crippen LogP contribution in [0.15, 0.2) is 96.7 Å². The Morgan fingerprint density at radius 2 is 1.71 bits per heavy atom. The maximum absolute atomic E-state index is 14.0. The van der Waals surface area contributed by atoms with Crippen LogP contribution in [0.25, 0.3) is 27.6 Å². The van der Waals surface area contributed by atoms with Gasteiger partial charge in [-0.2, -0.15) is 5.10 Å². The number of carbonyl (C=O) groups excluding carboxylic acids is 1. The summed E-state index contributed by atoms with van der Waals surface area (Å²) in [6.45, 7) is 4.92. The van der Waals surface area contributed by atoms with Crippen LogP contribution in [0, 0.1) is 5.41 Å². The number of allylic oxidation sites excluding steroid dienone is 1. The monoisotopic (exact) mass is 577 g/mol. The predicted molar refractivity (Wildman–Crippen MR) is 168 cm³/mol. The second-order valence-corrected chi connectivity index (χ2v) is 12.7. The van der Waals surface area contributed by atoms with E-state index in [-0.39, 0.29) is 17.2 Å². The average molecular weight is 579 g/mol. The summed E-state index contributed by atoms with van der Waals surface area (Å²) in [7, 11) is 0. The van der Waals surface area contributed by atoms with E-state index in [1.807, 2.05) is 41.1 Å². The summed E-state index contributed by atoms with van der Waals surface area (Å²) in [5.74, 6) is 0.198. The van der Waals surface area contributed by atoms with E-state index in [0.717, 1.165) is 51.2 Å². The molecule has 1 aliphatic carbocycles. The second-order valence-electron chi connectivity index (χ2n) is 11.9. The largest absolute Gasteiger partial charge is 0.373 e. The fraction of sp³-hybridized carbons (Fsp3) is 0.200. The van der Waals surface area contributed by atoms with E-state index in [0.29, 0.717) is 23.0 Å². The third-order valence-corrected chi connectivity index (χ3v) is 8.96. The molecule has 0 amide bonds. The van der Waals surface area contributed by atoms with Crippen molar-refractivity contribution in [3.8, 4) is 11.3 Å². The minimum absolute atomic E-state index is 0.119. The zero-order valence-corrected chi connectivity index (χ0v) is 24.4. The highest BCUT2D eigenvalue weighted by Gasteiger charge is 2.42. The number of rotatable bonds is 4. The van der Waals surface area contributed by atoms with Gasteiger partial charge in [-0.25, -0.2) is 0 Å². The van der Waals surface area contributed by atoms with Crippen molar-refractivity contribution in [1.29, 1.82) is 0 Å². The van der Waals surface area contributed by atoms with Crippen LogP contribution in [-0.4, -0.2) is 15.6 Å². The number of fused-ring (bicyclic) bond motifs is 4. The molecule has 2 aliphatic rings. The first-order valence-corrected chi connectivity index (χ1v) is 14.6. The highest BCUT2D eigenvalue weighted by Crippen LogP contribution is 2.52. The van der Waals surface area contributed by atoms with Crippen molar-refractivity contribution in [3.63, 3.8) is 0 Å². The van der Waals surface area contributed by atoms with Gasteiger partial charge in [0, 0.05) is 40.6 Å². The maximum atomic E-state index is 14.0. The lowest BCUT2D eigenvalue weighted by molar-refractivity contribution is -0.118. The number of nitrogens with zero attached hydrogens (tertiary/aromatic N) is 2. The van der Waals surface area contributed by atoms with Crippen LogP contribution in [0.4, 0.5) is 5.69 Å². The SMILES string of the molecule is CC1(C)CC(=O)C2=C(C1)c1c(ccc3ccccc13)N[C@@H]2c1cn(Cc2ccc(Cl)c(Cl)c2)nc1-c1ccccc1. The van der Waals surface area contributed by atoms with E-state index in [4.69, 9.17) is 28.3 Å². The summed E-state index contributed by atoms with van der Waals surface area (Å²) < 4.78 is 1.94. The van der Waals surface area contributed by atoms with Gasteiger partial charge in [0.15, 0.2) is 5.78 Å². The fourth-order valence-corrected chi connectivity index (χ4v) is 6.77. The lowest BCUT2D eigenvalue weighted by atomic mass is 9.67. The smallest absolute Gasteiger partial charge is 0.162 e. The Kier molecular flexibility index (Phi) is 6.29. The standard InChI is InChI=1S/C35H29Cl2N3O/c1-35(2)17-25-31-24-11-7-6-8-22(24)13-15-29(31)38-34(32(25)30(41)18-35)26-20-40(19-21-12-14-27(36)28(37)16-21)39-33(26)23-9-4-3-5-10-23/h3-16,20,34,38H,17-19H2,1-2H3/t34-/m1/s1. The molecule has 2 heterocycles. The summed E-state index contributed by atoms with van der Waals surface area (Å²) in [5.41, 5.74) is 7.94. The number of hydrogen-bond acceptors (Lipinski definition) is 3. The number of hydrogen-bond donors (Lipinski definition) is 1. The molecule has 0 fully saturated rings. The number of aromatic nitrogens is 2. The van der Waals surface area contributed by atoms with Gasteiger partial charge in [0.25, 0.3) is 0 Å². The summed E-state index contributed by atoms with van der Waals surface area (Å²) in [6, 6.07) is 28.3. The van der Waals surface area contributed by atoms with Gasteiger partial charge in [-0.3, -0.25) is 9.48 Å². The molecule has 6 heteroatoms. The van der Waals surface area contributed by atoms with Crippen LogP contribution >= 0.6 is 23.2 Å². The predicted octanol–water partition coefficient (Wildman–Crippen LogP) is 9.37. The molecule has 4 aromatic carbocycles. The first kappa shape index (κ1) is 26.1. The van der Waals surface area contributed by atoms with Crippen molar-refractivity contribution in [2.45, 2.75) is 39.3 Å². The molecule has 0 bridgehead atoms. The maximum Gasteiger partial charge on any atom is 0.162 e. The summed E-state index contributed by atoms with van der Waals surface area (Å²) in [5, 5.41) is 12.3. The zero-order chi connectivity index (χ0) is 28.3. The topological polar surface area (TPSA) is 46.9 Å². The van der Waals surface area contributed by atoms with Crippen LogP contribution < -0.4 is 5.32 Å². The van der Waals surface area contributed by atoms with Gasteiger partial charge in [0.05, 0.1) is 28.3 Å². The third kappa shape index (κ3) is 4.65. The number of carbonyl (C=O) groups is 1. The van der Waals surface area contributed by atoms with E-state index in [2.05, 4.69) is 73.9 Å². The minimum atomic E-state index is -0.319. The van der Waals surface area contributed by atoms with Crippen molar-refractivity contribution >= 4 is 51.0 Å². The second kappa shape index (κ2) is 9.90. The van der Waals surface area contributed by atoms with E-state index in [1.54, 1.807) is 0 Å². The molecule has 0 saturated carbocycles. The third-order valence-electron chi connectivity index (χ3n) is 8.22. The lowest BCUT2D eigenvalue weighted by Gasteiger charge is -2.40. The molecule has 1 atom stereocenters. The van der Waals surface area contributed by atoms with E-state index >= 15 is 0 Å². The highest BCUT2D eigenvalue weighted by atomic mass is 35.5. The minimum Gasteiger partial charge on any atom is -0.373 e. The summed E-state index contributed by atoms with van der Waals surface area (Å²) >= 11 is 12.5. The van der Waals surface area contributed by atoms with Gasteiger partial charge >= 0.3 is 0 Å². The molecule has 41 heavy (non-hydrogen) atoms. The van der Waals surface area contributed by atoms with Gasteiger partial charge in [-0.1, -0.05) is 104 Å². The molecular weight excluding hydrogens is 549 g/mol. The molecule has 1 aliphatic heterocycles. The number of anilines is 1. The Bertz CT molecular complexity index is 1870. The number of Topliss-reactive ketones (excluding diaryl/α,β-unsaturated/α-hetero) is 1. The molecule has 0 saturated heterocycles. The van der Waals surface area contributed by atoms with Crippen molar-refractivity contribution < 1.29 is 4.79 Å². The van der Waals surface area contributed by atoms with Crippen molar-refractivity contribution in [2.24, 2.45) is 5.41 Å². The molecule has 1 aromatic heterocycles. The lowest BCUT2D eigenvalue weighted by Crippen LogP contribution is -2.33. The Morgan fingerprint density at radius 1 is 0.927 bits per heavy atom. The van der Waals surface area contributed by atoms with Crippen LogP contribution in [0.3, 0.4) is 0 Å². The Labute approximate surface area is 249 Å². The molecule has 0 spiro atoms. The highest BCUT2D eigenvalue weighted by molar-refractivity contribution is 6.42. The first-order chi connectivity index (χ1) is 19.8. The Hall–Kier alpha value is -3.86. The van der Waals surface area contributed by atoms with Gasteiger partial charge in [0.1, 0.15) is 0 Å². The molecule has 1 N–H and O–H groups in total. The molecule has 5 aromatic rings.